The zero-order valence-corrected chi connectivity index (χ0v) is 11.4. The third-order valence-corrected chi connectivity index (χ3v) is 3.69. The molecule has 0 aromatic heterocycles. The number of benzene rings is 1. The molecule has 19 heavy (non-hydrogen) atoms. The monoisotopic (exact) mass is 263 g/mol. The molecule has 1 fully saturated rings. The molecule has 2 atom stereocenters. The first-order valence-corrected chi connectivity index (χ1v) is 7.05. The van der Waals surface area contributed by atoms with Crippen LogP contribution in [0.5, 0.6) is 11.5 Å². The van der Waals surface area contributed by atoms with E-state index in [0.717, 1.165) is 37.5 Å². The molecule has 3 rings (SSSR count). The summed E-state index contributed by atoms with van der Waals surface area (Å²) in [5, 5.41) is 3.60. The van der Waals surface area contributed by atoms with E-state index in [1.807, 2.05) is 6.07 Å². The van der Waals surface area contributed by atoms with Crippen molar-refractivity contribution >= 4 is 0 Å². The molecule has 0 amide bonds. The van der Waals surface area contributed by atoms with Crippen LogP contribution in [-0.2, 0) is 11.3 Å². The lowest BCUT2D eigenvalue weighted by molar-refractivity contribution is 0.0130. The second-order valence-electron chi connectivity index (χ2n) is 5.26. The van der Waals surface area contributed by atoms with Crippen molar-refractivity contribution in [2.45, 2.75) is 38.5 Å². The zero-order valence-electron chi connectivity index (χ0n) is 11.4. The average molecular weight is 263 g/mol. The summed E-state index contributed by atoms with van der Waals surface area (Å²) >= 11 is 0. The van der Waals surface area contributed by atoms with Crippen LogP contribution < -0.4 is 14.8 Å². The Balaban J connectivity index is 1.57. The van der Waals surface area contributed by atoms with Gasteiger partial charge in [-0.15, -0.1) is 0 Å². The smallest absolute Gasteiger partial charge is 0.161 e. The van der Waals surface area contributed by atoms with Gasteiger partial charge in [0.2, 0.25) is 0 Å². The predicted octanol–water partition coefficient (Wildman–Crippen LogP) is 2.11. The van der Waals surface area contributed by atoms with E-state index < -0.39 is 0 Å². The highest BCUT2D eigenvalue weighted by Crippen LogP contribution is 2.30. The Kier molecular flexibility index (Phi) is 3.89. The lowest BCUT2D eigenvalue weighted by Gasteiger charge is -2.28. The summed E-state index contributed by atoms with van der Waals surface area (Å²) in [5.74, 6) is 1.72. The van der Waals surface area contributed by atoms with Gasteiger partial charge in [-0.2, -0.15) is 0 Å². The van der Waals surface area contributed by atoms with E-state index in [-0.39, 0.29) is 0 Å². The molecule has 0 radical (unpaired) electrons. The molecule has 0 spiro atoms. The first-order chi connectivity index (χ1) is 9.31. The maximum atomic E-state index is 5.60. The van der Waals surface area contributed by atoms with Crippen LogP contribution in [0, 0.1) is 0 Å². The van der Waals surface area contributed by atoms with Crippen LogP contribution in [-0.4, -0.2) is 32.0 Å². The van der Waals surface area contributed by atoms with Gasteiger partial charge in [0.1, 0.15) is 13.2 Å². The Morgan fingerprint density at radius 2 is 2.00 bits per heavy atom. The summed E-state index contributed by atoms with van der Waals surface area (Å²) in [5.41, 5.74) is 1.24. The lowest BCUT2D eigenvalue weighted by atomic mass is 10.0. The molecule has 4 heteroatoms. The summed E-state index contributed by atoms with van der Waals surface area (Å²) in [6.07, 6.45) is 2.55. The van der Waals surface area contributed by atoms with Gasteiger partial charge in [-0.05, 0) is 37.5 Å². The minimum Gasteiger partial charge on any atom is -0.486 e. The van der Waals surface area contributed by atoms with Crippen LogP contribution >= 0.6 is 0 Å². The number of nitrogens with one attached hydrogen (secondary N) is 1. The van der Waals surface area contributed by atoms with Gasteiger partial charge in [-0.25, -0.2) is 0 Å². The molecule has 2 aliphatic rings. The molecule has 0 saturated carbocycles. The van der Waals surface area contributed by atoms with Crippen LogP contribution in [0.25, 0.3) is 0 Å². The van der Waals surface area contributed by atoms with E-state index in [9.17, 15) is 0 Å². The Morgan fingerprint density at radius 3 is 2.84 bits per heavy atom. The first-order valence-electron chi connectivity index (χ1n) is 7.05. The highest BCUT2D eigenvalue weighted by Gasteiger charge is 2.19. The zero-order chi connectivity index (χ0) is 13.1. The van der Waals surface area contributed by atoms with Gasteiger partial charge in [-0.3, -0.25) is 0 Å². The largest absolute Gasteiger partial charge is 0.486 e. The standard InChI is InChI=1S/C15H21NO3/c1-11-8-13(4-5-17-11)16-10-12-2-3-14-15(9-12)19-7-6-18-14/h2-3,9,11,13,16H,4-8,10H2,1H3. The van der Waals surface area contributed by atoms with Crippen molar-refractivity contribution in [3.63, 3.8) is 0 Å². The van der Waals surface area contributed by atoms with Crippen LogP contribution in [0.1, 0.15) is 25.3 Å². The van der Waals surface area contributed by atoms with Gasteiger partial charge in [0.15, 0.2) is 11.5 Å². The van der Waals surface area contributed by atoms with E-state index in [1.54, 1.807) is 0 Å². The molecule has 0 bridgehead atoms. The fourth-order valence-electron chi connectivity index (χ4n) is 2.64. The number of ether oxygens (including phenoxy) is 3. The van der Waals surface area contributed by atoms with Crippen molar-refractivity contribution in [2.24, 2.45) is 0 Å². The van der Waals surface area contributed by atoms with E-state index in [0.29, 0.717) is 25.4 Å². The van der Waals surface area contributed by atoms with E-state index >= 15 is 0 Å². The average Bonchev–Trinajstić information content (AvgIpc) is 2.45. The van der Waals surface area contributed by atoms with Crippen molar-refractivity contribution in [1.29, 1.82) is 0 Å². The van der Waals surface area contributed by atoms with Gasteiger partial charge in [-0.1, -0.05) is 6.07 Å². The molecule has 1 aromatic carbocycles. The Hall–Kier alpha value is -1.26. The summed E-state index contributed by atoms with van der Waals surface area (Å²) in [6.45, 7) is 5.15. The number of fused-ring (bicyclic) bond motifs is 1. The minimum atomic E-state index is 0.367. The molecule has 2 heterocycles. The minimum absolute atomic E-state index is 0.367. The Morgan fingerprint density at radius 1 is 1.16 bits per heavy atom. The maximum Gasteiger partial charge on any atom is 0.161 e. The summed E-state index contributed by atoms with van der Waals surface area (Å²) in [6, 6.07) is 6.72. The molecule has 1 N–H and O–H groups in total. The SMILES string of the molecule is CC1CC(NCc2ccc3c(c2)OCCO3)CCO1. The molecule has 0 aliphatic carbocycles. The molecular formula is C15H21NO3. The highest BCUT2D eigenvalue weighted by atomic mass is 16.6. The van der Waals surface area contributed by atoms with Crippen LogP contribution in [0.15, 0.2) is 18.2 Å². The van der Waals surface area contributed by atoms with Gasteiger partial charge in [0, 0.05) is 19.2 Å². The van der Waals surface area contributed by atoms with Crippen molar-refractivity contribution in [3.05, 3.63) is 23.8 Å². The van der Waals surface area contributed by atoms with Gasteiger partial charge >= 0.3 is 0 Å². The van der Waals surface area contributed by atoms with Crippen LogP contribution in [0.4, 0.5) is 0 Å². The predicted molar refractivity (Wildman–Crippen MR) is 72.7 cm³/mol. The van der Waals surface area contributed by atoms with Crippen molar-refractivity contribution in [1.82, 2.24) is 5.32 Å². The second kappa shape index (κ2) is 5.80. The van der Waals surface area contributed by atoms with E-state index in [2.05, 4.69) is 24.4 Å². The molecule has 1 aromatic rings. The second-order valence-corrected chi connectivity index (χ2v) is 5.26. The number of hydrogen-bond donors (Lipinski definition) is 1. The van der Waals surface area contributed by atoms with Gasteiger partial charge in [0.05, 0.1) is 6.10 Å². The third-order valence-electron chi connectivity index (χ3n) is 3.69. The molecule has 1 saturated heterocycles. The Bertz CT molecular complexity index is 435. The lowest BCUT2D eigenvalue weighted by Crippen LogP contribution is -2.37. The van der Waals surface area contributed by atoms with Gasteiger partial charge in [0.25, 0.3) is 0 Å². The summed E-state index contributed by atoms with van der Waals surface area (Å²) < 4.78 is 16.7. The Labute approximate surface area is 114 Å². The van der Waals surface area contributed by atoms with Crippen LogP contribution in [0.2, 0.25) is 0 Å². The summed E-state index contributed by atoms with van der Waals surface area (Å²) in [4.78, 5) is 0. The number of hydrogen-bond acceptors (Lipinski definition) is 4. The first kappa shape index (κ1) is 12.8. The topological polar surface area (TPSA) is 39.7 Å². The summed E-state index contributed by atoms with van der Waals surface area (Å²) in [7, 11) is 0. The molecular weight excluding hydrogens is 242 g/mol. The highest BCUT2D eigenvalue weighted by molar-refractivity contribution is 5.43. The van der Waals surface area contributed by atoms with E-state index in [1.165, 1.54) is 5.56 Å². The molecule has 2 unspecified atom stereocenters. The van der Waals surface area contributed by atoms with Crippen LogP contribution in [0.3, 0.4) is 0 Å². The molecule has 104 valence electrons. The van der Waals surface area contributed by atoms with Crippen molar-refractivity contribution in [3.8, 4) is 11.5 Å². The maximum absolute atomic E-state index is 5.60. The molecule has 4 nitrogen and oxygen atoms in total. The quantitative estimate of drug-likeness (QED) is 0.906. The fourth-order valence-corrected chi connectivity index (χ4v) is 2.64. The normalized spacial score (nSPS) is 26.2. The molecule has 2 aliphatic heterocycles. The van der Waals surface area contributed by atoms with E-state index in [4.69, 9.17) is 14.2 Å². The van der Waals surface area contributed by atoms with Gasteiger partial charge < -0.3 is 19.5 Å². The fraction of sp³-hybridized carbons (Fsp3) is 0.600. The van der Waals surface area contributed by atoms with Crippen molar-refractivity contribution < 1.29 is 14.2 Å². The third kappa shape index (κ3) is 3.19. The number of rotatable bonds is 3. The van der Waals surface area contributed by atoms with Crippen molar-refractivity contribution in [2.75, 3.05) is 19.8 Å².